The highest BCUT2D eigenvalue weighted by Gasteiger charge is 2.25. The van der Waals surface area contributed by atoms with Crippen molar-refractivity contribution in [2.24, 2.45) is 4.99 Å². The molecule has 1 aliphatic rings. The van der Waals surface area contributed by atoms with E-state index in [-0.39, 0.29) is 5.91 Å². The SMILES string of the molecule is CCOc1ccc(N=C2NC(=O)/C(=C\c3cc(C)n(-c4cccc(Cl)c4Cl)c3C)S2)cc1. The first kappa shape index (κ1) is 22.5. The highest BCUT2D eigenvalue weighted by atomic mass is 35.5. The number of amides is 1. The van der Waals surface area contributed by atoms with E-state index in [9.17, 15) is 4.79 Å². The second-order valence-corrected chi connectivity index (χ2v) is 8.96. The van der Waals surface area contributed by atoms with Crippen molar-refractivity contribution in [2.45, 2.75) is 20.8 Å². The van der Waals surface area contributed by atoms with E-state index >= 15 is 0 Å². The number of aromatic nitrogens is 1. The molecule has 0 atom stereocenters. The Bertz CT molecular complexity index is 1250. The number of hydrogen-bond acceptors (Lipinski definition) is 4. The lowest BCUT2D eigenvalue weighted by Crippen LogP contribution is -2.19. The summed E-state index contributed by atoms with van der Waals surface area (Å²) in [5, 5.41) is 4.36. The van der Waals surface area contributed by atoms with E-state index in [1.54, 1.807) is 6.07 Å². The van der Waals surface area contributed by atoms with E-state index in [1.165, 1.54) is 11.8 Å². The minimum atomic E-state index is -0.176. The predicted octanol–water partition coefficient (Wildman–Crippen LogP) is 6.69. The van der Waals surface area contributed by atoms with Crippen LogP contribution in [0.5, 0.6) is 5.75 Å². The van der Waals surface area contributed by atoms with Gasteiger partial charge in [-0.3, -0.25) is 4.79 Å². The molecule has 164 valence electrons. The third-order valence-corrected chi connectivity index (χ3v) is 6.68. The molecule has 1 aliphatic heterocycles. The van der Waals surface area contributed by atoms with Crippen molar-refractivity contribution >= 4 is 57.8 Å². The van der Waals surface area contributed by atoms with Crippen LogP contribution >= 0.6 is 35.0 Å². The van der Waals surface area contributed by atoms with Crippen molar-refractivity contribution < 1.29 is 9.53 Å². The number of ether oxygens (including phenoxy) is 1. The number of thioether (sulfide) groups is 1. The topological polar surface area (TPSA) is 55.6 Å². The van der Waals surface area contributed by atoms with Crippen molar-refractivity contribution in [1.82, 2.24) is 9.88 Å². The second kappa shape index (κ2) is 9.45. The second-order valence-electron chi connectivity index (χ2n) is 7.14. The number of amidine groups is 1. The van der Waals surface area contributed by atoms with Crippen LogP contribution in [0.1, 0.15) is 23.9 Å². The third-order valence-electron chi connectivity index (χ3n) is 4.96. The van der Waals surface area contributed by atoms with E-state index in [1.807, 2.05) is 73.9 Å². The fraction of sp³-hybridized carbons (Fsp3) is 0.167. The monoisotopic (exact) mass is 485 g/mol. The normalized spacial score (nSPS) is 16.1. The minimum absolute atomic E-state index is 0.176. The molecule has 0 unspecified atom stereocenters. The van der Waals surface area contributed by atoms with Crippen LogP contribution in [0.3, 0.4) is 0 Å². The van der Waals surface area contributed by atoms with Gasteiger partial charge in [-0.15, -0.1) is 0 Å². The average molecular weight is 486 g/mol. The number of halogens is 2. The Hall–Kier alpha value is -2.67. The maximum absolute atomic E-state index is 12.5. The van der Waals surface area contributed by atoms with E-state index in [2.05, 4.69) is 10.3 Å². The Morgan fingerprint density at radius 3 is 2.62 bits per heavy atom. The molecule has 1 amide bonds. The van der Waals surface area contributed by atoms with Gasteiger partial charge in [0.15, 0.2) is 5.17 Å². The van der Waals surface area contributed by atoms with Crippen LogP contribution in [0.25, 0.3) is 11.8 Å². The molecule has 1 saturated heterocycles. The van der Waals surface area contributed by atoms with E-state index in [0.29, 0.717) is 26.7 Å². The lowest BCUT2D eigenvalue weighted by Gasteiger charge is -2.12. The van der Waals surface area contributed by atoms with E-state index < -0.39 is 0 Å². The molecule has 2 aromatic carbocycles. The summed E-state index contributed by atoms with van der Waals surface area (Å²) in [6.45, 7) is 6.53. The van der Waals surface area contributed by atoms with Gasteiger partial charge in [-0.1, -0.05) is 29.3 Å². The van der Waals surface area contributed by atoms with Gasteiger partial charge in [-0.25, -0.2) is 4.99 Å². The molecule has 0 spiro atoms. The van der Waals surface area contributed by atoms with Crippen molar-refractivity contribution in [3.8, 4) is 11.4 Å². The third kappa shape index (κ3) is 4.58. The summed E-state index contributed by atoms with van der Waals surface area (Å²) in [4.78, 5) is 17.6. The molecule has 4 rings (SSSR count). The van der Waals surface area contributed by atoms with Gasteiger partial charge in [-0.2, -0.15) is 0 Å². The Labute approximate surface area is 201 Å². The van der Waals surface area contributed by atoms with Gasteiger partial charge in [-0.05, 0) is 86.6 Å². The summed E-state index contributed by atoms with van der Waals surface area (Å²) >= 11 is 14.0. The Morgan fingerprint density at radius 2 is 1.91 bits per heavy atom. The summed E-state index contributed by atoms with van der Waals surface area (Å²) in [7, 11) is 0. The minimum Gasteiger partial charge on any atom is -0.494 e. The quantitative estimate of drug-likeness (QED) is 0.409. The number of benzene rings is 2. The number of carbonyl (C=O) groups excluding carboxylic acids is 1. The van der Waals surface area contributed by atoms with Crippen LogP contribution in [-0.2, 0) is 4.79 Å². The molecular formula is C24H21Cl2N3O2S. The number of hydrogen-bond donors (Lipinski definition) is 1. The largest absolute Gasteiger partial charge is 0.494 e. The van der Waals surface area contributed by atoms with Gasteiger partial charge >= 0.3 is 0 Å². The molecule has 1 fully saturated rings. The van der Waals surface area contributed by atoms with Crippen LogP contribution in [0.2, 0.25) is 10.0 Å². The summed E-state index contributed by atoms with van der Waals surface area (Å²) in [6, 6.07) is 15.0. The van der Waals surface area contributed by atoms with Crippen molar-refractivity contribution in [3.63, 3.8) is 0 Å². The zero-order valence-corrected chi connectivity index (χ0v) is 20.1. The molecule has 8 heteroatoms. The van der Waals surface area contributed by atoms with E-state index in [0.717, 1.165) is 34.1 Å². The molecule has 0 bridgehead atoms. The maximum Gasteiger partial charge on any atom is 0.264 e. The lowest BCUT2D eigenvalue weighted by molar-refractivity contribution is -0.115. The summed E-state index contributed by atoms with van der Waals surface area (Å²) in [5.74, 6) is 0.612. The number of rotatable bonds is 5. The van der Waals surface area contributed by atoms with Gasteiger partial charge in [0.25, 0.3) is 5.91 Å². The summed E-state index contributed by atoms with van der Waals surface area (Å²) < 4.78 is 7.48. The average Bonchev–Trinajstić information content (AvgIpc) is 3.24. The Balaban J connectivity index is 1.61. The van der Waals surface area contributed by atoms with E-state index in [4.69, 9.17) is 27.9 Å². The van der Waals surface area contributed by atoms with Gasteiger partial charge in [0, 0.05) is 11.4 Å². The first-order chi connectivity index (χ1) is 15.4. The van der Waals surface area contributed by atoms with Crippen LogP contribution in [0.15, 0.2) is 58.4 Å². The van der Waals surface area contributed by atoms with Crippen molar-refractivity contribution in [1.29, 1.82) is 0 Å². The molecule has 3 aromatic rings. The molecule has 0 saturated carbocycles. The maximum atomic E-state index is 12.5. The molecule has 0 radical (unpaired) electrons. The molecule has 2 heterocycles. The van der Waals surface area contributed by atoms with Crippen molar-refractivity contribution in [3.05, 3.63) is 80.4 Å². The highest BCUT2D eigenvalue weighted by Crippen LogP contribution is 2.34. The Morgan fingerprint density at radius 1 is 1.16 bits per heavy atom. The van der Waals surface area contributed by atoms with Crippen LogP contribution in [0, 0.1) is 13.8 Å². The van der Waals surface area contributed by atoms with Crippen LogP contribution in [0.4, 0.5) is 5.69 Å². The predicted molar refractivity (Wildman–Crippen MR) is 134 cm³/mol. The number of aliphatic imine (C=N–C) groups is 1. The molecular weight excluding hydrogens is 465 g/mol. The Kier molecular flexibility index (Phi) is 6.65. The fourth-order valence-corrected chi connectivity index (χ4v) is 4.70. The number of carbonyl (C=O) groups is 1. The van der Waals surface area contributed by atoms with Crippen LogP contribution < -0.4 is 10.1 Å². The van der Waals surface area contributed by atoms with Crippen molar-refractivity contribution in [2.75, 3.05) is 6.61 Å². The highest BCUT2D eigenvalue weighted by molar-refractivity contribution is 8.18. The lowest BCUT2D eigenvalue weighted by atomic mass is 10.2. The number of nitrogens with one attached hydrogen (secondary N) is 1. The molecule has 0 aliphatic carbocycles. The fourth-order valence-electron chi connectivity index (χ4n) is 3.49. The first-order valence-electron chi connectivity index (χ1n) is 10.0. The van der Waals surface area contributed by atoms with Gasteiger partial charge < -0.3 is 14.6 Å². The molecule has 1 aromatic heterocycles. The first-order valence-corrected chi connectivity index (χ1v) is 11.6. The van der Waals surface area contributed by atoms with Gasteiger partial charge in [0.2, 0.25) is 0 Å². The van der Waals surface area contributed by atoms with Gasteiger partial charge in [0.05, 0.1) is 32.9 Å². The number of nitrogens with zero attached hydrogens (tertiary/aromatic N) is 2. The number of aryl methyl sites for hydroxylation is 1. The zero-order valence-electron chi connectivity index (χ0n) is 17.8. The molecule has 1 N–H and O–H groups in total. The zero-order chi connectivity index (χ0) is 22.8. The molecule has 5 nitrogen and oxygen atoms in total. The standard InChI is InChI=1S/C24H21Cl2N3O2S/c1-4-31-18-10-8-17(9-11-18)27-24-28-23(30)21(32-24)13-16-12-14(2)29(15(16)3)20-7-5-6-19(25)22(20)26/h5-13H,4H2,1-3H3,(H,27,28,30)/b21-13+. The summed E-state index contributed by atoms with van der Waals surface area (Å²) in [5.41, 5.74) is 4.43. The smallest absolute Gasteiger partial charge is 0.264 e. The summed E-state index contributed by atoms with van der Waals surface area (Å²) in [6.07, 6.45) is 1.87. The van der Waals surface area contributed by atoms with Gasteiger partial charge in [0.1, 0.15) is 5.75 Å². The molecule has 32 heavy (non-hydrogen) atoms. The van der Waals surface area contributed by atoms with Crippen LogP contribution in [-0.4, -0.2) is 22.2 Å².